The molecule has 1 aliphatic rings. The zero-order chi connectivity index (χ0) is 11.5. The maximum Gasteiger partial charge on any atom is 0.323 e. The first-order valence-corrected chi connectivity index (χ1v) is 5.30. The van der Waals surface area contributed by atoms with Gasteiger partial charge in [-0.25, -0.2) is 0 Å². The van der Waals surface area contributed by atoms with E-state index in [1.807, 2.05) is 12.1 Å². The molecule has 1 aromatic carbocycles. The number of nitrogens with zero attached hydrogens (tertiary/aromatic N) is 1. The molecule has 1 aliphatic carbocycles. The van der Waals surface area contributed by atoms with Crippen LogP contribution in [-0.2, 0) is 22.4 Å². The van der Waals surface area contributed by atoms with Crippen LogP contribution in [0.2, 0.25) is 0 Å². The summed E-state index contributed by atoms with van der Waals surface area (Å²) in [6.45, 7) is 0. The Labute approximate surface area is 94.6 Å². The quantitative estimate of drug-likeness (QED) is 0.706. The molecule has 0 aliphatic heterocycles. The van der Waals surface area contributed by atoms with Crippen LogP contribution >= 0.6 is 0 Å². The smallest absolute Gasteiger partial charge is 0.323 e. The Bertz CT molecular complexity index is 422. The number of benzene rings is 1. The Balaban J connectivity index is 2.17. The Morgan fingerprint density at radius 2 is 2.00 bits per heavy atom. The molecule has 0 bridgehead atoms. The van der Waals surface area contributed by atoms with Gasteiger partial charge in [-0.2, -0.15) is 5.26 Å². The number of fused-ring (bicyclic) bond motifs is 1. The van der Waals surface area contributed by atoms with Gasteiger partial charge < -0.3 is 4.74 Å². The molecule has 0 radical (unpaired) electrons. The highest BCUT2D eigenvalue weighted by Gasteiger charge is 2.33. The maximum atomic E-state index is 11.4. The van der Waals surface area contributed by atoms with E-state index in [1.165, 1.54) is 18.2 Å². The molecule has 0 spiro atoms. The van der Waals surface area contributed by atoms with Crippen molar-refractivity contribution in [1.29, 1.82) is 5.26 Å². The van der Waals surface area contributed by atoms with Crippen LogP contribution in [0.1, 0.15) is 11.1 Å². The number of rotatable bonds is 2. The summed E-state index contributed by atoms with van der Waals surface area (Å²) in [7, 11) is 1.33. The molecule has 0 saturated carbocycles. The molecule has 82 valence electrons. The minimum atomic E-state index is -0.641. The highest BCUT2D eigenvalue weighted by atomic mass is 16.5. The fourth-order valence-electron chi connectivity index (χ4n) is 2.31. The molecule has 3 nitrogen and oxygen atoms in total. The van der Waals surface area contributed by atoms with E-state index in [2.05, 4.69) is 22.9 Å². The van der Waals surface area contributed by atoms with Gasteiger partial charge in [-0.3, -0.25) is 4.79 Å². The van der Waals surface area contributed by atoms with E-state index in [4.69, 9.17) is 5.26 Å². The van der Waals surface area contributed by atoms with Crippen molar-refractivity contribution < 1.29 is 9.53 Å². The summed E-state index contributed by atoms with van der Waals surface area (Å²) in [6.07, 6.45) is 1.59. The van der Waals surface area contributed by atoms with E-state index in [1.54, 1.807) is 0 Å². The third-order valence-electron chi connectivity index (χ3n) is 3.15. The molecule has 1 atom stereocenters. The van der Waals surface area contributed by atoms with E-state index in [9.17, 15) is 4.79 Å². The molecule has 1 unspecified atom stereocenters. The Morgan fingerprint density at radius 3 is 2.44 bits per heavy atom. The Morgan fingerprint density at radius 1 is 1.44 bits per heavy atom. The predicted octanol–water partition coefficient (Wildman–Crippen LogP) is 1.71. The molecule has 3 heteroatoms. The average Bonchev–Trinajstić information content (AvgIpc) is 2.72. The highest BCUT2D eigenvalue weighted by Crippen LogP contribution is 2.31. The summed E-state index contributed by atoms with van der Waals surface area (Å²) in [4.78, 5) is 11.4. The molecular formula is C13H13NO2. The SMILES string of the molecule is COC(=O)C(C#N)C1Cc2ccccc2C1. The minimum absolute atomic E-state index is 0.0647. The highest BCUT2D eigenvalue weighted by molar-refractivity contribution is 5.75. The van der Waals surface area contributed by atoms with Gasteiger partial charge in [-0.1, -0.05) is 24.3 Å². The second-order valence-corrected chi connectivity index (χ2v) is 4.07. The van der Waals surface area contributed by atoms with E-state index in [0.29, 0.717) is 0 Å². The first-order chi connectivity index (χ1) is 7.76. The summed E-state index contributed by atoms with van der Waals surface area (Å²) in [5.41, 5.74) is 2.49. The number of hydrogen-bond donors (Lipinski definition) is 0. The van der Waals surface area contributed by atoms with Crippen molar-refractivity contribution in [2.45, 2.75) is 12.8 Å². The Kier molecular flexibility index (Phi) is 2.91. The third kappa shape index (κ3) is 1.79. The molecule has 16 heavy (non-hydrogen) atoms. The van der Waals surface area contributed by atoms with Crippen molar-refractivity contribution in [3.8, 4) is 6.07 Å². The number of methoxy groups -OCH3 is 1. The van der Waals surface area contributed by atoms with Gasteiger partial charge in [0.1, 0.15) is 5.92 Å². The zero-order valence-corrected chi connectivity index (χ0v) is 9.14. The topological polar surface area (TPSA) is 50.1 Å². The molecule has 0 amide bonds. The first-order valence-electron chi connectivity index (χ1n) is 5.30. The second kappa shape index (κ2) is 4.36. The lowest BCUT2D eigenvalue weighted by atomic mass is 9.91. The van der Waals surface area contributed by atoms with Crippen LogP contribution < -0.4 is 0 Å². The van der Waals surface area contributed by atoms with Crippen LogP contribution in [0.25, 0.3) is 0 Å². The van der Waals surface area contributed by atoms with Crippen molar-refractivity contribution in [3.05, 3.63) is 35.4 Å². The predicted molar refractivity (Wildman–Crippen MR) is 58.5 cm³/mol. The number of carbonyl (C=O) groups is 1. The lowest BCUT2D eigenvalue weighted by Gasteiger charge is -2.13. The zero-order valence-electron chi connectivity index (χ0n) is 9.14. The largest absolute Gasteiger partial charge is 0.468 e. The van der Waals surface area contributed by atoms with Crippen LogP contribution in [0.3, 0.4) is 0 Å². The van der Waals surface area contributed by atoms with Gasteiger partial charge in [-0.05, 0) is 29.9 Å². The minimum Gasteiger partial charge on any atom is -0.468 e. The van der Waals surface area contributed by atoms with Crippen LogP contribution in [0.5, 0.6) is 0 Å². The first kappa shape index (κ1) is 10.7. The van der Waals surface area contributed by atoms with E-state index < -0.39 is 11.9 Å². The molecule has 0 aromatic heterocycles. The monoisotopic (exact) mass is 215 g/mol. The normalized spacial score (nSPS) is 16.2. The van der Waals surface area contributed by atoms with E-state index in [0.717, 1.165) is 12.8 Å². The standard InChI is InChI=1S/C13H13NO2/c1-16-13(15)12(8-14)11-6-9-4-2-3-5-10(9)7-11/h2-5,11-12H,6-7H2,1H3. The van der Waals surface area contributed by atoms with Gasteiger partial charge in [0.2, 0.25) is 0 Å². The number of ether oxygens (including phenoxy) is 1. The molecule has 1 aromatic rings. The molecule has 0 heterocycles. The third-order valence-corrected chi connectivity index (χ3v) is 3.15. The van der Waals surface area contributed by atoms with E-state index in [-0.39, 0.29) is 5.92 Å². The van der Waals surface area contributed by atoms with Crippen LogP contribution in [0.4, 0.5) is 0 Å². The summed E-state index contributed by atoms with van der Waals surface area (Å²) in [5, 5.41) is 9.02. The number of esters is 1. The molecule has 0 fully saturated rings. The van der Waals surface area contributed by atoms with Gasteiger partial charge in [-0.15, -0.1) is 0 Å². The van der Waals surface area contributed by atoms with Crippen molar-refractivity contribution in [2.24, 2.45) is 11.8 Å². The van der Waals surface area contributed by atoms with Crippen molar-refractivity contribution in [1.82, 2.24) is 0 Å². The Hall–Kier alpha value is -1.82. The molecule has 2 rings (SSSR count). The van der Waals surface area contributed by atoms with Crippen LogP contribution in [0.15, 0.2) is 24.3 Å². The van der Waals surface area contributed by atoms with Gasteiger partial charge in [0.25, 0.3) is 0 Å². The van der Waals surface area contributed by atoms with Crippen molar-refractivity contribution in [3.63, 3.8) is 0 Å². The van der Waals surface area contributed by atoms with Crippen molar-refractivity contribution in [2.75, 3.05) is 7.11 Å². The summed E-state index contributed by atoms with van der Waals surface area (Å²) in [6, 6.07) is 10.1. The van der Waals surface area contributed by atoms with Gasteiger partial charge in [0, 0.05) is 0 Å². The number of hydrogen-bond acceptors (Lipinski definition) is 3. The molecule has 0 N–H and O–H groups in total. The molecule has 0 saturated heterocycles. The van der Waals surface area contributed by atoms with Gasteiger partial charge in [0.15, 0.2) is 0 Å². The van der Waals surface area contributed by atoms with Crippen LogP contribution in [0, 0.1) is 23.2 Å². The number of carbonyl (C=O) groups excluding carboxylic acids is 1. The van der Waals surface area contributed by atoms with Gasteiger partial charge >= 0.3 is 5.97 Å². The lowest BCUT2D eigenvalue weighted by Crippen LogP contribution is -2.24. The maximum absolute atomic E-state index is 11.4. The summed E-state index contributed by atoms with van der Waals surface area (Å²) >= 11 is 0. The average molecular weight is 215 g/mol. The van der Waals surface area contributed by atoms with Crippen LogP contribution in [-0.4, -0.2) is 13.1 Å². The summed E-state index contributed by atoms with van der Waals surface area (Å²) < 4.78 is 4.65. The van der Waals surface area contributed by atoms with E-state index >= 15 is 0 Å². The fourth-order valence-corrected chi connectivity index (χ4v) is 2.31. The van der Waals surface area contributed by atoms with Gasteiger partial charge in [0.05, 0.1) is 13.2 Å². The second-order valence-electron chi connectivity index (χ2n) is 4.07. The molecular weight excluding hydrogens is 202 g/mol. The number of nitriles is 1. The summed E-state index contributed by atoms with van der Waals surface area (Å²) in [5.74, 6) is -0.993. The lowest BCUT2D eigenvalue weighted by molar-refractivity contribution is -0.144. The fraction of sp³-hybridized carbons (Fsp3) is 0.385. The van der Waals surface area contributed by atoms with Crippen molar-refractivity contribution >= 4 is 5.97 Å².